The quantitative estimate of drug-likeness (QED) is 0.773. The maximum absolute atomic E-state index is 12.0. The number of H-pyrrole nitrogens is 1. The fourth-order valence-corrected chi connectivity index (χ4v) is 2.31. The van der Waals surface area contributed by atoms with E-state index >= 15 is 0 Å². The van der Waals surface area contributed by atoms with Crippen LogP contribution in [0, 0.1) is 11.3 Å². The number of hydrogen-bond donors (Lipinski definition) is 1. The Morgan fingerprint density at radius 1 is 1.35 bits per heavy atom. The van der Waals surface area contributed by atoms with Crippen LogP contribution >= 0.6 is 11.3 Å². The second-order valence-electron chi connectivity index (χ2n) is 3.83. The van der Waals surface area contributed by atoms with Gasteiger partial charge in [-0.2, -0.15) is 5.26 Å². The van der Waals surface area contributed by atoms with E-state index in [-0.39, 0.29) is 5.56 Å². The molecule has 0 radical (unpaired) electrons. The number of nitrogens with one attached hydrogen (secondary N) is 1. The molecule has 3 aromatic rings. The highest BCUT2D eigenvalue weighted by atomic mass is 32.1. The summed E-state index contributed by atoms with van der Waals surface area (Å²) in [7, 11) is 0. The number of nitriles is 1. The van der Waals surface area contributed by atoms with Crippen LogP contribution in [0.25, 0.3) is 22.1 Å². The third-order valence-electron chi connectivity index (χ3n) is 2.60. The van der Waals surface area contributed by atoms with Gasteiger partial charge in [-0.1, -0.05) is 0 Å². The number of rotatable bonds is 2. The first-order valence-corrected chi connectivity index (χ1v) is 6.52. The molecule has 0 amide bonds. The molecule has 0 aromatic carbocycles. The Morgan fingerprint density at radius 3 is 2.90 bits per heavy atom. The van der Waals surface area contributed by atoms with Gasteiger partial charge in [0.05, 0.1) is 5.69 Å². The van der Waals surface area contributed by atoms with E-state index in [4.69, 9.17) is 5.26 Å². The third-order valence-corrected chi connectivity index (χ3v) is 3.38. The summed E-state index contributed by atoms with van der Waals surface area (Å²) in [4.78, 5) is 27.0. The molecule has 0 saturated heterocycles. The van der Waals surface area contributed by atoms with E-state index in [1.54, 1.807) is 36.1 Å². The number of aromatic amines is 1. The van der Waals surface area contributed by atoms with Gasteiger partial charge in [-0.05, 0) is 12.1 Å². The highest BCUT2D eigenvalue weighted by Gasteiger charge is 2.15. The van der Waals surface area contributed by atoms with Crippen LogP contribution in [0.1, 0.15) is 5.56 Å². The molecule has 0 atom stereocenters. The van der Waals surface area contributed by atoms with Gasteiger partial charge in [-0.3, -0.25) is 9.78 Å². The third kappa shape index (κ3) is 2.08. The van der Waals surface area contributed by atoms with Crippen LogP contribution in [0.3, 0.4) is 0 Å². The summed E-state index contributed by atoms with van der Waals surface area (Å²) < 4.78 is 0. The lowest BCUT2D eigenvalue weighted by atomic mass is 10.1. The molecule has 1 N–H and O–H groups in total. The second-order valence-corrected chi connectivity index (χ2v) is 4.72. The van der Waals surface area contributed by atoms with E-state index in [1.807, 2.05) is 6.07 Å². The van der Waals surface area contributed by atoms with Crippen molar-refractivity contribution in [2.24, 2.45) is 0 Å². The van der Waals surface area contributed by atoms with Gasteiger partial charge >= 0.3 is 0 Å². The molecule has 0 aliphatic carbocycles. The van der Waals surface area contributed by atoms with Gasteiger partial charge in [0.2, 0.25) is 0 Å². The number of aromatic nitrogens is 4. The largest absolute Gasteiger partial charge is 0.303 e. The summed E-state index contributed by atoms with van der Waals surface area (Å²) in [5, 5.41) is 11.5. The van der Waals surface area contributed by atoms with E-state index in [0.717, 1.165) is 0 Å². The molecule has 3 heterocycles. The van der Waals surface area contributed by atoms with E-state index in [9.17, 15) is 4.79 Å². The van der Waals surface area contributed by atoms with E-state index in [1.165, 1.54) is 11.3 Å². The van der Waals surface area contributed by atoms with Crippen molar-refractivity contribution in [1.29, 1.82) is 5.26 Å². The van der Waals surface area contributed by atoms with Gasteiger partial charge in [-0.25, -0.2) is 9.97 Å². The molecular weight excluding hydrogens is 274 g/mol. The van der Waals surface area contributed by atoms with Crippen molar-refractivity contribution < 1.29 is 0 Å². The number of nitrogens with zero attached hydrogens (tertiary/aromatic N) is 4. The first-order chi connectivity index (χ1) is 9.79. The van der Waals surface area contributed by atoms with Gasteiger partial charge < -0.3 is 4.98 Å². The number of thiazole rings is 1. The molecule has 3 rings (SSSR count). The SMILES string of the molecule is N#Cc1c(-c2cccnc2)nc(-c2nccs2)[nH]c1=O. The zero-order valence-electron chi connectivity index (χ0n) is 10.1. The zero-order valence-corrected chi connectivity index (χ0v) is 10.9. The van der Waals surface area contributed by atoms with Crippen LogP contribution in [0.4, 0.5) is 0 Å². The summed E-state index contributed by atoms with van der Waals surface area (Å²) in [5.74, 6) is 0.350. The molecule has 0 unspecified atom stereocenters. The average molecular weight is 281 g/mol. The maximum atomic E-state index is 12.0. The molecule has 3 aromatic heterocycles. The molecule has 0 aliphatic heterocycles. The molecule has 0 bridgehead atoms. The molecular formula is C13H7N5OS. The van der Waals surface area contributed by atoms with Crippen LogP contribution in [0.15, 0.2) is 40.9 Å². The van der Waals surface area contributed by atoms with E-state index in [2.05, 4.69) is 19.9 Å². The van der Waals surface area contributed by atoms with Crippen LogP contribution < -0.4 is 5.56 Å². The molecule has 0 spiro atoms. The topological polar surface area (TPSA) is 95.3 Å². The second kappa shape index (κ2) is 5.03. The Bertz CT molecular complexity index is 833. The van der Waals surface area contributed by atoms with Crippen molar-refractivity contribution in [3.8, 4) is 28.2 Å². The Balaban J connectivity index is 2.28. The van der Waals surface area contributed by atoms with Crippen molar-refractivity contribution >= 4 is 11.3 Å². The zero-order chi connectivity index (χ0) is 13.9. The van der Waals surface area contributed by atoms with Gasteiger partial charge in [-0.15, -0.1) is 11.3 Å². The van der Waals surface area contributed by atoms with Crippen LogP contribution in [0.5, 0.6) is 0 Å². The molecule has 7 heteroatoms. The van der Waals surface area contributed by atoms with Crippen LogP contribution in [-0.2, 0) is 0 Å². The lowest BCUT2D eigenvalue weighted by Crippen LogP contribution is -2.15. The van der Waals surface area contributed by atoms with Crippen molar-refractivity contribution in [1.82, 2.24) is 19.9 Å². The van der Waals surface area contributed by atoms with Gasteiger partial charge in [0.1, 0.15) is 11.6 Å². The summed E-state index contributed by atoms with van der Waals surface area (Å²) in [6.45, 7) is 0. The Kier molecular flexibility index (Phi) is 3.07. The van der Waals surface area contributed by atoms with Gasteiger partial charge in [0.15, 0.2) is 10.8 Å². The summed E-state index contributed by atoms with van der Waals surface area (Å²) >= 11 is 1.36. The molecule has 0 fully saturated rings. The predicted molar refractivity (Wildman–Crippen MR) is 73.9 cm³/mol. The average Bonchev–Trinajstić information content (AvgIpc) is 3.01. The molecule has 6 nitrogen and oxygen atoms in total. The van der Waals surface area contributed by atoms with Gasteiger partial charge in [0.25, 0.3) is 5.56 Å². The monoisotopic (exact) mass is 281 g/mol. The number of hydrogen-bond acceptors (Lipinski definition) is 6. The molecule has 96 valence electrons. The minimum atomic E-state index is -0.480. The highest BCUT2D eigenvalue weighted by Crippen LogP contribution is 2.22. The normalized spacial score (nSPS) is 10.2. The Morgan fingerprint density at radius 2 is 2.25 bits per heavy atom. The van der Waals surface area contributed by atoms with Crippen LogP contribution in [0.2, 0.25) is 0 Å². The highest BCUT2D eigenvalue weighted by molar-refractivity contribution is 7.13. The Hall–Kier alpha value is -2.85. The molecule has 0 saturated carbocycles. The standard InChI is InChI=1S/C13H7N5OS/c14-6-9-10(8-2-1-3-15-7-8)17-11(18-12(9)19)13-16-4-5-20-13/h1-5,7H,(H,17,18,19). The summed E-state index contributed by atoms with van der Waals surface area (Å²) in [6, 6.07) is 5.36. The van der Waals surface area contributed by atoms with E-state index in [0.29, 0.717) is 22.1 Å². The minimum Gasteiger partial charge on any atom is -0.303 e. The van der Waals surface area contributed by atoms with Crippen molar-refractivity contribution in [2.75, 3.05) is 0 Å². The van der Waals surface area contributed by atoms with E-state index < -0.39 is 5.56 Å². The van der Waals surface area contributed by atoms with Gasteiger partial charge in [0, 0.05) is 29.5 Å². The summed E-state index contributed by atoms with van der Waals surface area (Å²) in [6.07, 6.45) is 4.81. The van der Waals surface area contributed by atoms with Crippen molar-refractivity contribution in [2.45, 2.75) is 0 Å². The van der Waals surface area contributed by atoms with Crippen molar-refractivity contribution in [3.05, 3.63) is 52.0 Å². The Labute approximate surface area is 117 Å². The lowest BCUT2D eigenvalue weighted by molar-refractivity contribution is 1.10. The lowest BCUT2D eigenvalue weighted by Gasteiger charge is -2.04. The van der Waals surface area contributed by atoms with Crippen molar-refractivity contribution in [3.63, 3.8) is 0 Å². The first kappa shape index (κ1) is 12.2. The smallest absolute Gasteiger partial charge is 0.269 e. The fourth-order valence-electron chi connectivity index (χ4n) is 1.73. The first-order valence-electron chi connectivity index (χ1n) is 5.64. The molecule has 20 heavy (non-hydrogen) atoms. The van der Waals surface area contributed by atoms with Crippen LogP contribution in [-0.4, -0.2) is 19.9 Å². The summed E-state index contributed by atoms with van der Waals surface area (Å²) in [5.41, 5.74) is 0.423. The minimum absolute atomic E-state index is 0.0293. The predicted octanol–water partition coefficient (Wildman–Crippen LogP) is 1.83. The maximum Gasteiger partial charge on any atom is 0.269 e. The fraction of sp³-hybridized carbons (Fsp3) is 0. The molecule has 0 aliphatic rings. The number of pyridine rings is 1.